The first-order valence-corrected chi connectivity index (χ1v) is 8.34. The van der Waals surface area contributed by atoms with E-state index in [9.17, 15) is 9.59 Å². The third-order valence-electron chi connectivity index (χ3n) is 4.60. The Morgan fingerprint density at radius 2 is 2.14 bits per heavy atom. The molecule has 2 saturated heterocycles. The fourth-order valence-electron chi connectivity index (χ4n) is 3.49. The van der Waals surface area contributed by atoms with Crippen LogP contribution in [0, 0.1) is 5.92 Å². The first-order valence-electron chi connectivity index (χ1n) is 7.40. The largest absolute Gasteiger partial charge is 0.459 e. The summed E-state index contributed by atoms with van der Waals surface area (Å²) in [6.07, 6.45) is 2.46. The Balaban J connectivity index is 1.49. The Labute approximate surface area is 132 Å². The molecule has 6 heteroatoms. The van der Waals surface area contributed by atoms with Crippen molar-refractivity contribution in [1.82, 2.24) is 9.80 Å². The van der Waals surface area contributed by atoms with Gasteiger partial charge in [-0.1, -0.05) is 0 Å². The van der Waals surface area contributed by atoms with Gasteiger partial charge in [0.1, 0.15) is 0 Å². The lowest BCUT2D eigenvalue weighted by atomic mass is 10.1. The molecule has 2 fully saturated rings. The van der Waals surface area contributed by atoms with Crippen LogP contribution in [0.25, 0.3) is 0 Å². The van der Waals surface area contributed by atoms with Gasteiger partial charge in [-0.3, -0.25) is 9.59 Å². The number of amides is 2. The van der Waals surface area contributed by atoms with Crippen molar-refractivity contribution in [2.75, 3.05) is 19.6 Å². The molecule has 2 aliphatic heterocycles. The number of fused-ring (bicyclic) bond motifs is 1. The van der Waals surface area contributed by atoms with Crippen LogP contribution in [0.3, 0.4) is 0 Å². The van der Waals surface area contributed by atoms with Crippen molar-refractivity contribution < 1.29 is 14.0 Å². The molecular weight excluding hydrogens is 300 g/mol. The monoisotopic (exact) mass is 316 g/mol. The van der Waals surface area contributed by atoms with Crippen LogP contribution >= 0.6 is 11.3 Å². The average Bonchev–Trinajstić information content (AvgIpc) is 3.29. The number of carbonyl (C=O) groups is 2. The molecule has 2 aromatic rings. The molecule has 4 rings (SSSR count). The zero-order valence-corrected chi connectivity index (χ0v) is 12.8. The van der Waals surface area contributed by atoms with Crippen LogP contribution in [-0.4, -0.2) is 47.3 Å². The molecule has 5 nitrogen and oxygen atoms in total. The van der Waals surface area contributed by atoms with E-state index in [-0.39, 0.29) is 17.9 Å². The highest BCUT2D eigenvalue weighted by Crippen LogP contribution is 2.33. The number of nitrogens with zero attached hydrogens (tertiary/aromatic N) is 2. The Morgan fingerprint density at radius 1 is 1.23 bits per heavy atom. The SMILES string of the molecule is O=C(c1ccsc1)N1C[C@@H]2CCN(C(=O)c3ccco3)[C@@H]2C1. The molecule has 0 bridgehead atoms. The van der Waals surface area contributed by atoms with Gasteiger partial charge in [-0.05, 0) is 30.0 Å². The standard InChI is InChI=1S/C16H16N2O3S/c19-15(12-4-7-22-10-12)17-8-11-3-5-18(13(11)9-17)16(20)14-2-1-6-21-14/h1-2,4,6-7,10-11,13H,3,5,8-9H2/t11-,13+/m0/s1. The van der Waals surface area contributed by atoms with Crippen LogP contribution < -0.4 is 0 Å². The Bertz CT molecular complexity index is 680. The molecule has 4 heterocycles. The Morgan fingerprint density at radius 3 is 2.86 bits per heavy atom. The lowest BCUT2D eigenvalue weighted by molar-refractivity contribution is 0.0666. The molecule has 0 unspecified atom stereocenters. The third-order valence-corrected chi connectivity index (χ3v) is 5.28. The van der Waals surface area contributed by atoms with Gasteiger partial charge in [0.25, 0.3) is 11.8 Å². The van der Waals surface area contributed by atoms with E-state index in [2.05, 4.69) is 0 Å². The van der Waals surface area contributed by atoms with Gasteiger partial charge in [0, 0.05) is 30.9 Å². The third kappa shape index (κ3) is 2.14. The minimum absolute atomic E-state index is 0.0673. The molecule has 2 atom stereocenters. The zero-order valence-electron chi connectivity index (χ0n) is 12.0. The second-order valence-corrected chi connectivity index (χ2v) is 6.59. The fourth-order valence-corrected chi connectivity index (χ4v) is 4.12. The van der Waals surface area contributed by atoms with E-state index in [1.165, 1.54) is 17.6 Å². The van der Waals surface area contributed by atoms with Gasteiger partial charge in [-0.2, -0.15) is 11.3 Å². The van der Waals surface area contributed by atoms with Gasteiger partial charge in [-0.15, -0.1) is 0 Å². The molecule has 0 aromatic carbocycles. The number of likely N-dealkylation sites (tertiary alicyclic amines) is 2. The summed E-state index contributed by atoms with van der Waals surface area (Å²) < 4.78 is 5.22. The molecule has 0 radical (unpaired) electrons. The maximum Gasteiger partial charge on any atom is 0.289 e. The predicted molar refractivity (Wildman–Crippen MR) is 81.9 cm³/mol. The van der Waals surface area contributed by atoms with E-state index in [1.54, 1.807) is 12.1 Å². The molecule has 0 saturated carbocycles. The molecule has 2 aliphatic rings. The van der Waals surface area contributed by atoms with E-state index < -0.39 is 0 Å². The molecule has 0 aliphatic carbocycles. The van der Waals surface area contributed by atoms with Crippen LogP contribution in [0.4, 0.5) is 0 Å². The van der Waals surface area contributed by atoms with Crippen molar-refractivity contribution >= 4 is 23.2 Å². The van der Waals surface area contributed by atoms with Crippen molar-refractivity contribution in [2.45, 2.75) is 12.5 Å². The van der Waals surface area contributed by atoms with E-state index in [0.29, 0.717) is 18.2 Å². The van der Waals surface area contributed by atoms with Gasteiger partial charge in [-0.25, -0.2) is 0 Å². The molecule has 0 spiro atoms. The summed E-state index contributed by atoms with van der Waals surface area (Å²) in [4.78, 5) is 28.7. The lowest BCUT2D eigenvalue weighted by Gasteiger charge is -2.24. The summed E-state index contributed by atoms with van der Waals surface area (Å²) >= 11 is 1.53. The summed E-state index contributed by atoms with van der Waals surface area (Å²) in [5.74, 6) is 0.758. The first-order chi connectivity index (χ1) is 10.7. The fraction of sp³-hybridized carbons (Fsp3) is 0.375. The van der Waals surface area contributed by atoms with Crippen molar-refractivity contribution in [3.63, 3.8) is 0 Å². The summed E-state index contributed by atoms with van der Waals surface area (Å²) in [6.45, 7) is 2.10. The number of rotatable bonds is 2. The number of thiophene rings is 1. The smallest absolute Gasteiger partial charge is 0.289 e. The van der Waals surface area contributed by atoms with Crippen LogP contribution in [0.5, 0.6) is 0 Å². The van der Waals surface area contributed by atoms with Crippen molar-refractivity contribution in [2.24, 2.45) is 5.92 Å². The Hall–Kier alpha value is -2.08. The molecular formula is C16H16N2O3S. The molecule has 0 N–H and O–H groups in total. The van der Waals surface area contributed by atoms with E-state index in [4.69, 9.17) is 4.42 Å². The average molecular weight is 316 g/mol. The molecule has 2 aromatic heterocycles. The van der Waals surface area contributed by atoms with Crippen molar-refractivity contribution in [1.29, 1.82) is 0 Å². The minimum Gasteiger partial charge on any atom is -0.459 e. The first kappa shape index (κ1) is 13.6. The lowest BCUT2D eigenvalue weighted by Crippen LogP contribution is -2.40. The van der Waals surface area contributed by atoms with Gasteiger partial charge >= 0.3 is 0 Å². The van der Waals surface area contributed by atoms with Crippen LogP contribution in [0.1, 0.15) is 27.3 Å². The maximum absolute atomic E-state index is 12.5. The van der Waals surface area contributed by atoms with Gasteiger partial charge < -0.3 is 14.2 Å². The summed E-state index contributed by atoms with van der Waals surface area (Å²) in [6, 6.07) is 5.38. The van der Waals surface area contributed by atoms with Gasteiger partial charge in [0.15, 0.2) is 5.76 Å². The van der Waals surface area contributed by atoms with Gasteiger partial charge in [0.2, 0.25) is 0 Å². The highest BCUT2D eigenvalue weighted by atomic mass is 32.1. The maximum atomic E-state index is 12.5. The molecule has 22 heavy (non-hydrogen) atoms. The predicted octanol–water partition coefficient (Wildman–Crippen LogP) is 2.33. The summed E-state index contributed by atoms with van der Waals surface area (Å²) in [5, 5.41) is 3.79. The molecule has 114 valence electrons. The minimum atomic E-state index is -0.0673. The number of furan rings is 1. The van der Waals surface area contributed by atoms with Crippen molar-refractivity contribution in [3.8, 4) is 0 Å². The van der Waals surface area contributed by atoms with E-state index in [0.717, 1.165) is 25.1 Å². The summed E-state index contributed by atoms with van der Waals surface area (Å²) in [5.41, 5.74) is 0.744. The van der Waals surface area contributed by atoms with Crippen LogP contribution in [-0.2, 0) is 0 Å². The normalized spacial score (nSPS) is 23.8. The van der Waals surface area contributed by atoms with Gasteiger partial charge in [0.05, 0.1) is 17.9 Å². The van der Waals surface area contributed by atoms with Crippen LogP contribution in [0.2, 0.25) is 0 Å². The summed E-state index contributed by atoms with van der Waals surface area (Å²) in [7, 11) is 0. The zero-order chi connectivity index (χ0) is 15.1. The quantitative estimate of drug-likeness (QED) is 0.854. The van der Waals surface area contributed by atoms with E-state index >= 15 is 0 Å². The topological polar surface area (TPSA) is 53.8 Å². The van der Waals surface area contributed by atoms with Crippen molar-refractivity contribution in [3.05, 3.63) is 46.5 Å². The highest BCUT2D eigenvalue weighted by molar-refractivity contribution is 7.08. The second-order valence-electron chi connectivity index (χ2n) is 5.81. The Kier molecular flexibility index (Phi) is 3.26. The highest BCUT2D eigenvalue weighted by Gasteiger charge is 2.45. The van der Waals surface area contributed by atoms with Crippen LogP contribution in [0.15, 0.2) is 39.6 Å². The number of hydrogen-bond acceptors (Lipinski definition) is 4. The number of hydrogen-bond donors (Lipinski definition) is 0. The molecule has 2 amide bonds. The van der Waals surface area contributed by atoms with E-state index in [1.807, 2.05) is 26.6 Å². The second kappa shape index (κ2) is 5.28. The number of carbonyl (C=O) groups excluding carboxylic acids is 2.